The number of benzene rings is 2. The lowest BCUT2D eigenvalue weighted by molar-refractivity contribution is -0.132. The van der Waals surface area contributed by atoms with Crippen LogP contribution in [0.5, 0.6) is 23.0 Å². The monoisotopic (exact) mass is 369 g/mol. The van der Waals surface area contributed by atoms with Crippen LogP contribution in [0.15, 0.2) is 30.3 Å². The van der Waals surface area contributed by atoms with Crippen molar-refractivity contribution in [3.05, 3.63) is 47.0 Å². The summed E-state index contributed by atoms with van der Waals surface area (Å²) in [6.07, 6.45) is 1.24. The number of fused-ring (bicyclic) bond motifs is 2. The summed E-state index contributed by atoms with van der Waals surface area (Å²) in [6, 6.07) is 9.67. The quantitative estimate of drug-likeness (QED) is 0.828. The first-order valence-corrected chi connectivity index (χ1v) is 9.10. The second kappa shape index (κ2) is 7.02. The maximum Gasteiger partial charge on any atom is 0.231 e. The first-order chi connectivity index (χ1) is 13.2. The lowest BCUT2D eigenvalue weighted by atomic mass is 9.87. The minimum absolute atomic E-state index is 0.123. The van der Waals surface area contributed by atoms with E-state index in [1.807, 2.05) is 42.2 Å². The third kappa shape index (κ3) is 2.95. The molecule has 0 saturated carbocycles. The molecule has 2 aromatic carbocycles. The van der Waals surface area contributed by atoms with Crippen LogP contribution in [0.3, 0.4) is 0 Å². The maximum absolute atomic E-state index is 12.7. The SMILES string of the molecule is CCC(=O)N1CCc2cc(OC)c(OC)cc2C1c1ccc2c(c1)OCO2. The van der Waals surface area contributed by atoms with Crippen LogP contribution >= 0.6 is 0 Å². The molecule has 0 fully saturated rings. The molecular formula is C21H23NO5. The van der Waals surface area contributed by atoms with E-state index >= 15 is 0 Å². The normalized spacial score (nSPS) is 17.4. The molecule has 2 aliphatic rings. The molecule has 1 atom stereocenters. The highest BCUT2D eigenvalue weighted by Gasteiger charge is 2.33. The maximum atomic E-state index is 12.7. The van der Waals surface area contributed by atoms with Gasteiger partial charge in [0.1, 0.15) is 0 Å². The molecule has 27 heavy (non-hydrogen) atoms. The van der Waals surface area contributed by atoms with E-state index in [1.54, 1.807) is 14.2 Å². The van der Waals surface area contributed by atoms with Gasteiger partial charge in [0.25, 0.3) is 0 Å². The largest absolute Gasteiger partial charge is 0.493 e. The van der Waals surface area contributed by atoms with Gasteiger partial charge in [-0.1, -0.05) is 13.0 Å². The van der Waals surface area contributed by atoms with Crippen molar-refractivity contribution < 1.29 is 23.7 Å². The minimum Gasteiger partial charge on any atom is -0.493 e. The Morgan fingerprint density at radius 1 is 1.11 bits per heavy atom. The van der Waals surface area contributed by atoms with E-state index in [0.717, 1.165) is 28.9 Å². The fourth-order valence-electron chi connectivity index (χ4n) is 3.86. The van der Waals surface area contributed by atoms with Gasteiger partial charge in [0.15, 0.2) is 23.0 Å². The Balaban J connectivity index is 1.86. The Morgan fingerprint density at radius 2 is 1.85 bits per heavy atom. The third-order valence-corrected chi connectivity index (χ3v) is 5.21. The van der Waals surface area contributed by atoms with E-state index in [-0.39, 0.29) is 18.7 Å². The summed E-state index contributed by atoms with van der Waals surface area (Å²) in [5.41, 5.74) is 3.21. The predicted octanol–water partition coefficient (Wildman–Crippen LogP) is 3.32. The van der Waals surface area contributed by atoms with Crippen LogP contribution in [-0.2, 0) is 11.2 Å². The first kappa shape index (κ1) is 17.5. The Kier molecular flexibility index (Phi) is 4.56. The molecule has 6 heteroatoms. The fraction of sp³-hybridized carbons (Fsp3) is 0.381. The highest BCUT2D eigenvalue weighted by Crippen LogP contribution is 2.43. The van der Waals surface area contributed by atoms with Crippen molar-refractivity contribution in [1.29, 1.82) is 0 Å². The van der Waals surface area contributed by atoms with Gasteiger partial charge in [0.2, 0.25) is 12.7 Å². The molecule has 0 spiro atoms. The van der Waals surface area contributed by atoms with Gasteiger partial charge in [-0.05, 0) is 47.4 Å². The van der Waals surface area contributed by atoms with Crippen LogP contribution in [0.2, 0.25) is 0 Å². The number of hydrogen-bond donors (Lipinski definition) is 0. The molecule has 6 nitrogen and oxygen atoms in total. The van der Waals surface area contributed by atoms with Crippen molar-refractivity contribution in [2.45, 2.75) is 25.8 Å². The van der Waals surface area contributed by atoms with Crippen LogP contribution in [0.4, 0.5) is 0 Å². The molecular weight excluding hydrogens is 346 g/mol. The molecule has 0 saturated heterocycles. The molecule has 0 aromatic heterocycles. The topological polar surface area (TPSA) is 57.2 Å². The highest BCUT2D eigenvalue weighted by molar-refractivity contribution is 5.77. The number of rotatable bonds is 4. The van der Waals surface area contributed by atoms with E-state index in [9.17, 15) is 4.79 Å². The molecule has 142 valence electrons. The van der Waals surface area contributed by atoms with Gasteiger partial charge in [-0.2, -0.15) is 0 Å². The summed E-state index contributed by atoms with van der Waals surface area (Å²) in [5, 5.41) is 0. The van der Waals surface area contributed by atoms with E-state index in [4.69, 9.17) is 18.9 Å². The van der Waals surface area contributed by atoms with Crippen molar-refractivity contribution in [3.63, 3.8) is 0 Å². The average molecular weight is 369 g/mol. The van der Waals surface area contributed by atoms with Crippen LogP contribution in [0.1, 0.15) is 36.1 Å². The molecule has 2 aliphatic heterocycles. The Bertz CT molecular complexity index is 879. The number of nitrogens with zero attached hydrogens (tertiary/aromatic N) is 1. The van der Waals surface area contributed by atoms with Crippen molar-refractivity contribution in [3.8, 4) is 23.0 Å². The molecule has 0 radical (unpaired) electrons. The van der Waals surface area contributed by atoms with E-state index in [1.165, 1.54) is 0 Å². The number of carbonyl (C=O) groups is 1. The summed E-state index contributed by atoms with van der Waals surface area (Å²) in [7, 11) is 3.26. The number of hydrogen-bond acceptors (Lipinski definition) is 5. The Hall–Kier alpha value is -2.89. The van der Waals surface area contributed by atoms with Crippen molar-refractivity contribution in [2.75, 3.05) is 27.6 Å². The zero-order valence-electron chi connectivity index (χ0n) is 15.8. The summed E-state index contributed by atoms with van der Waals surface area (Å²) >= 11 is 0. The number of methoxy groups -OCH3 is 2. The van der Waals surface area contributed by atoms with E-state index in [2.05, 4.69) is 0 Å². The van der Waals surface area contributed by atoms with Crippen LogP contribution in [0, 0.1) is 0 Å². The Labute approximate surface area is 158 Å². The van der Waals surface area contributed by atoms with E-state index < -0.39 is 0 Å². The third-order valence-electron chi connectivity index (χ3n) is 5.21. The standard InChI is InChI=1S/C21H23NO5/c1-4-20(23)22-8-7-13-9-17(24-2)18(25-3)11-15(13)21(22)14-5-6-16-19(10-14)27-12-26-16/h5-6,9-11,21H,4,7-8,12H2,1-3H3. The molecule has 0 N–H and O–H groups in total. The van der Waals surface area contributed by atoms with Crippen molar-refractivity contribution in [1.82, 2.24) is 4.90 Å². The van der Waals surface area contributed by atoms with Gasteiger partial charge in [-0.25, -0.2) is 0 Å². The molecule has 2 aromatic rings. The van der Waals surface area contributed by atoms with Gasteiger partial charge in [-0.3, -0.25) is 4.79 Å². The molecule has 0 aliphatic carbocycles. The number of ether oxygens (including phenoxy) is 4. The Morgan fingerprint density at radius 3 is 2.59 bits per heavy atom. The first-order valence-electron chi connectivity index (χ1n) is 9.10. The summed E-state index contributed by atoms with van der Waals surface area (Å²) < 4.78 is 22.0. The smallest absolute Gasteiger partial charge is 0.231 e. The van der Waals surface area contributed by atoms with Crippen molar-refractivity contribution in [2.24, 2.45) is 0 Å². The zero-order chi connectivity index (χ0) is 19.0. The summed E-state index contributed by atoms with van der Waals surface area (Å²) in [4.78, 5) is 14.6. The average Bonchev–Trinajstić information content (AvgIpc) is 3.18. The molecule has 2 heterocycles. The van der Waals surface area contributed by atoms with Gasteiger partial charge >= 0.3 is 0 Å². The van der Waals surface area contributed by atoms with Gasteiger partial charge in [0, 0.05) is 13.0 Å². The van der Waals surface area contributed by atoms with Crippen LogP contribution in [0.25, 0.3) is 0 Å². The molecule has 1 amide bonds. The number of carbonyl (C=O) groups excluding carboxylic acids is 1. The lowest BCUT2D eigenvalue weighted by Gasteiger charge is -2.38. The fourth-order valence-corrected chi connectivity index (χ4v) is 3.86. The second-order valence-corrected chi connectivity index (χ2v) is 6.61. The zero-order valence-corrected chi connectivity index (χ0v) is 15.8. The second-order valence-electron chi connectivity index (χ2n) is 6.61. The minimum atomic E-state index is -0.199. The van der Waals surface area contributed by atoms with Gasteiger partial charge in [0.05, 0.1) is 20.3 Å². The van der Waals surface area contributed by atoms with Crippen LogP contribution < -0.4 is 18.9 Å². The van der Waals surface area contributed by atoms with Crippen LogP contribution in [-0.4, -0.2) is 38.4 Å². The predicted molar refractivity (Wildman–Crippen MR) is 99.7 cm³/mol. The molecule has 4 rings (SSSR count). The molecule has 0 bridgehead atoms. The lowest BCUT2D eigenvalue weighted by Crippen LogP contribution is -2.40. The van der Waals surface area contributed by atoms with E-state index in [0.29, 0.717) is 30.2 Å². The number of amides is 1. The van der Waals surface area contributed by atoms with Crippen molar-refractivity contribution >= 4 is 5.91 Å². The highest BCUT2D eigenvalue weighted by atomic mass is 16.7. The van der Waals surface area contributed by atoms with Gasteiger partial charge in [-0.15, -0.1) is 0 Å². The summed E-state index contributed by atoms with van der Waals surface area (Å²) in [5.74, 6) is 2.93. The molecule has 1 unspecified atom stereocenters. The van der Waals surface area contributed by atoms with Gasteiger partial charge < -0.3 is 23.8 Å². The summed E-state index contributed by atoms with van der Waals surface area (Å²) in [6.45, 7) is 2.78.